The summed E-state index contributed by atoms with van der Waals surface area (Å²) in [6.07, 6.45) is 0.969. The molecule has 0 saturated carbocycles. The van der Waals surface area contributed by atoms with Gasteiger partial charge in [0.1, 0.15) is 5.82 Å². The van der Waals surface area contributed by atoms with Gasteiger partial charge >= 0.3 is 0 Å². The second-order valence-electron chi connectivity index (χ2n) is 4.64. The summed E-state index contributed by atoms with van der Waals surface area (Å²) in [5, 5.41) is 0. The number of hydrogen-bond acceptors (Lipinski definition) is 2. The van der Waals surface area contributed by atoms with Crippen molar-refractivity contribution >= 4 is 10.8 Å². The molecule has 0 amide bonds. The molecule has 0 heterocycles. The second kappa shape index (κ2) is 6.77. The number of hydrogen-bond donors (Lipinski definition) is 1. The monoisotopic (exact) mass is 291 g/mol. The molecule has 2 unspecified atom stereocenters. The van der Waals surface area contributed by atoms with E-state index in [1.807, 2.05) is 24.3 Å². The Balaban J connectivity index is 2.09. The van der Waals surface area contributed by atoms with Gasteiger partial charge in [-0.3, -0.25) is 4.21 Å². The molecule has 2 nitrogen and oxygen atoms in total. The van der Waals surface area contributed by atoms with Crippen LogP contribution in [0.3, 0.4) is 0 Å². The van der Waals surface area contributed by atoms with Crippen molar-refractivity contribution in [1.82, 2.24) is 0 Å². The lowest BCUT2D eigenvalue weighted by Crippen LogP contribution is -2.18. The van der Waals surface area contributed by atoms with Crippen molar-refractivity contribution in [3.05, 3.63) is 65.5 Å². The van der Waals surface area contributed by atoms with Gasteiger partial charge in [-0.05, 0) is 29.7 Å². The Morgan fingerprint density at radius 3 is 2.40 bits per heavy atom. The van der Waals surface area contributed by atoms with Gasteiger partial charge in [0.25, 0.3) is 0 Å². The average Bonchev–Trinajstić information content (AvgIpc) is 2.47. The van der Waals surface area contributed by atoms with Crippen LogP contribution in [-0.2, 0) is 17.2 Å². The van der Waals surface area contributed by atoms with Crippen molar-refractivity contribution in [2.75, 3.05) is 5.75 Å². The zero-order valence-electron chi connectivity index (χ0n) is 11.4. The highest BCUT2D eigenvalue weighted by Gasteiger charge is 2.14. The van der Waals surface area contributed by atoms with Crippen LogP contribution in [0, 0.1) is 5.82 Å². The van der Waals surface area contributed by atoms with Gasteiger partial charge in [-0.2, -0.15) is 0 Å². The van der Waals surface area contributed by atoms with Gasteiger partial charge < -0.3 is 5.73 Å². The molecule has 0 fully saturated rings. The van der Waals surface area contributed by atoms with Gasteiger partial charge in [0, 0.05) is 11.8 Å². The molecule has 2 aromatic rings. The molecular formula is C16H18FNOS. The van der Waals surface area contributed by atoms with Crippen molar-refractivity contribution in [3.63, 3.8) is 0 Å². The van der Waals surface area contributed by atoms with Crippen LogP contribution in [0.25, 0.3) is 0 Å². The third-order valence-electron chi connectivity index (χ3n) is 3.23. The third-order valence-corrected chi connectivity index (χ3v) is 4.71. The van der Waals surface area contributed by atoms with E-state index in [1.54, 1.807) is 18.2 Å². The molecule has 2 rings (SSSR count). The molecule has 0 aromatic heterocycles. The van der Waals surface area contributed by atoms with Crippen molar-refractivity contribution in [3.8, 4) is 0 Å². The maximum absolute atomic E-state index is 13.6. The van der Waals surface area contributed by atoms with Gasteiger partial charge in [-0.1, -0.05) is 43.3 Å². The van der Waals surface area contributed by atoms with Crippen molar-refractivity contribution in [1.29, 1.82) is 0 Å². The van der Waals surface area contributed by atoms with Crippen LogP contribution in [0.2, 0.25) is 0 Å². The summed E-state index contributed by atoms with van der Waals surface area (Å²) in [7, 11) is -1.43. The fourth-order valence-electron chi connectivity index (χ4n) is 1.98. The van der Waals surface area contributed by atoms with E-state index in [1.165, 1.54) is 11.6 Å². The van der Waals surface area contributed by atoms with Gasteiger partial charge in [0.15, 0.2) is 0 Å². The fraction of sp³-hybridized carbons (Fsp3) is 0.250. The predicted octanol–water partition coefficient (Wildman–Crippen LogP) is 3.20. The summed E-state index contributed by atoms with van der Waals surface area (Å²) in [6.45, 7) is 2.09. The summed E-state index contributed by atoms with van der Waals surface area (Å²) in [4.78, 5) is 0.216. The Morgan fingerprint density at radius 1 is 1.15 bits per heavy atom. The molecule has 0 saturated heterocycles. The van der Waals surface area contributed by atoms with E-state index < -0.39 is 16.6 Å². The summed E-state index contributed by atoms with van der Waals surface area (Å²) in [5.41, 5.74) is 8.21. The SMILES string of the molecule is CCc1ccc(C(N)CS(=O)c2ccccc2F)cc1. The fourth-order valence-corrected chi connectivity index (χ4v) is 3.19. The quantitative estimate of drug-likeness (QED) is 0.919. The van der Waals surface area contributed by atoms with E-state index in [0.717, 1.165) is 12.0 Å². The van der Waals surface area contributed by atoms with E-state index in [0.29, 0.717) is 0 Å². The molecule has 2 atom stereocenters. The van der Waals surface area contributed by atoms with Crippen LogP contribution in [0.4, 0.5) is 4.39 Å². The molecule has 0 radical (unpaired) electrons. The largest absolute Gasteiger partial charge is 0.323 e. The van der Waals surface area contributed by atoms with Crippen LogP contribution in [-0.4, -0.2) is 9.96 Å². The zero-order valence-corrected chi connectivity index (χ0v) is 12.2. The van der Waals surface area contributed by atoms with Gasteiger partial charge in [0.2, 0.25) is 0 Å². The lowest BCUT2D eigenvalue weighted by molar-refractivity contribution is 0.594. The molecule has 106 valence electrons. The predicted molar refractivity (Wildman–Crippen MR) is 80.4 cm³/mol. The molecule has 0 aliphatic rings. The summed E-state index contributed by atoms with van der Waals surface area (Å²) in [6, 6.07) is 13.7. The molecule has 0 aliphatic heterocycles. The Labute approximate surface area is 121 Å². The number of aryl methyl sites for hydroxylation is 1. The second-order valence-corrected chi connectivity index (χ2v) is 6.11. The van der Waals surface area contributed by atoms with Crippen molar-refractivity contribution < 1.29 is 8.60 Å². The molecule has 0 aliphatic carbocycles. The molecule has 2 N–H and O–H groups in total. The average molecular weight is 291 g/mol. The van der Waals surface area contributed by atoms with Crippen LogP contribution >= 0.6 is 0 Å². The van der Waals surface area contributed by atoms with Crippen LogP contribution in [0.5, 0.6) is 0 Å². The number of rotatable bonds is 5. The maximum Gasteiger partial charge on any atom is 0.139 e. The van der Waals surface area contributed by atoms with E-state index in [-0.39, 0.29) is 16.7 Å². The zero-order chi connectivity index (χ0) is 14.5. The number of benzene rings is 2. The van der Waals surface area contributed by atoms with Gasteiger partial charge in [-0.15, -0.1) is 0 Å². The Kier molecular flexibility index (Phi) is 5.04. The smallest absolute Gasteiger partial charge is 0.139 e. The Hall–Kier alpha value is -1.52. The van der Waals surface area contributed by atoms with Crippen LogP contribution in [0.15, 0.2) is 53.4 Å². The van der Waals surface area contributed by atoms with E-state index >= 15 is 0 Å². The first-order chi connectivity index (χ1) is 9.61. The minimum absolute atomic E-state index is 0.215. The van der Waals surface area contributed by atoms with Crippen molar-refractivity contribution in [2.45, 2.75) is 24.3 Å². The summed E-state index contributed by atoms with van der Waals surface area (Å²) >= 11 is 0. The number of halogens is 1. The molecule has 20 heavy (non-hydrogen) atoms. The summed E-state index contributed by atoms with van der Waals surface area (Å²) in [5.74, 6) is -0.230. The van der Waals surface area contributed by atoms with Crippen LogP contribution in [0.1, 0.15) is 24.1 Å². The normalized spacial score (nSPS) is 13.9. The highest BCUT2D eigenvalue weighted by Crippen LogP contribution is 2.18. The Bertz CT molecular complexity index is 598. The van der Waals surface area contributed by atoms with E-state index in [9.17, 15) is 8.60 Å². The lowest BCUT2D eigenvalue weighted by atomic mass is 10.1. The molecular weight excluding hydrogens is 273 g/mol. The topological polar surface area (TPSA) is 43.1 Å². The minimum atomic E-state index is -1.43. The van der Waals surface area contributed by atoms with Crippen LogP contribution < -0.4 is 5.73 Å². The standard InChI is InChI=1S/C16H18FNOS/c1-2-12-7-9-13(10-8-12)15(18)11-20(19)16-6-4-3-5-14(16)17/h3-10,15H,2,11,18H2,1H3. The van der Waals surface area contributed by atoms with Gasteiger partial charge in [-0.25, -0.2) is 4.39 Å². The molecule has 0 bridgehead atoms. The first-order valence-corrected chi connectivity index (χ1v) is 7.91. The first kappa shape index (κ1) is 14.9. The maximum atomic E-state index is 13.6. The lowest BCUT2D eigenvalue weighted by Gasteiger charge is -2.12. The highest BCUT2D eigenvalue weighted by molar-refractivity contribution is 7.85. The Morgan fingerprint density at radius 2 is 1.80 bits per heavy atom. The molecule has 0 spiro atoms. The molecule has 2 aromatic carbocycles. The minimum Gasteiger partial charge on any atom is -0.323 e. The third kappa shape index (κ3) is 3.52. The highest BCUT2D eigenvalue weighted by atomic mass is 32.2. The van der Waals surface area contributed by atoms with Crippen molar-refractivity contribution in [2.24, 2.45) is 5.73 Å². The number of nitrogens with two attached hydrogens (primary N) is 1. The van der Waals surface area contributed by atoms with E-state index in [2.05, 4.69) is 6.92 Å². The van der Waals surface area contributed by atoms with Gasteiger partial charge in [0.05, 0.1) is 15.7 Å². The first-order valence-electron chi connectivity index (χ1n) is 6.59. The van der Waals surface area contributed by atoms with E-state index in [4.69, 9.17) is 5.73 Å². The summed E-state index contributed by atoms with van der Waals surface area (Å²) < 4.78 is 25.7. The molecule has 4 heteroatoms.